The number of methoxy groups -OCH3 is 1. The van der Waals surface area contributed by atoms with Gasteiger partial charge in [-0.1, -0.05) is 12.1 Å². The number of aromatic nitrogens is 3. The summed E-state index contributed by atoms with van der Waals surface area (Å²) >= 11 is 0. The number of benzene rings is 2. The summed E-state index contributed by atoms with van der Waals surface area (Å²) in [5, 5.41) is 3.38. The molecule has 2 N–H and O–H groups in total. The van der Waals surface area contributed by atoms with Crippen LogP contribution in [0.5, 0.6) is 5.75 Å². The number of amides is 1. The van der Waals surface area contributed by atoms with Crippen molar-refractivity contribution in [2.75, 3.05) is 7.11 Å². The minimum Gasteiger partial charge on any atom is -0.497 e. The molecule has 0 aliphatic heterocycles. The van der Waals surface area contributed by atoms with Crippen molar-refractivity contribution in [2.45, 2.75) is 19.5 Å². The van der Waals surface area contributed by atoms with Gasteiger partial charge in [0, 0.05) is 30.4 Å². The number of carbonyl (C=O) groups excluding carboxylic acids is 1. The Labute approximate surface area is 165 Å². The highest BCUT2D eigenvalue weighted by Crippen LogP contribution is 2.22. The number of halogens is 1. The van der Waals surface area contributed by atoms with E-state index in [4.69, 9.17) is 4.74 Å². The topological polar surface area (TPSA) is 89.0 Å². The van der Waals surface area contributed by atoms with Gasteiger partial charge in [0.25, 0.3) is 5.56 Å². The van der Waals surface area contributed by atoms with E-state index < -0.39 is 5.82 Å². The third-order valence-electron chi connectivity index (χ3n) is 4.76. The third-order valence-corrected chi connectivity index (χ3v) is 4.76. The molecule has 29 heavy (non-hydrogen) atoms. The molecule has 0 unspecified atom stereocenters. The molecule has 0 atom stereocenters. The number of hydrogen-bond acceptors (Lipinski definition) is 4. The van der Waals surface area contributed by atoms with Crippen LogP contribution in [0.3, 0.4) is 0 Å². The fraction of sp³-hybridized carbons (Fsp3) is 0.190. The highest BCUT2D eigenvalue weighted by molar-refractivity contribution is 6.04. The molecule has 0 bridgehead atoms. The van der Waals surface area contributed by atoms with E-state index in [-0.39, 0.29) is 24.4 Å². The van der Waals surface area contributed by atoms with Gasteiger partial charge in [-0.3, -0.25) is 14.2 Å². The predicted molar refractivity (Wildman–Crippen MR) is 107 cm³/mol. The number of aryl methyl sites for hydroxylation is 1. The van der Waals surface area contributed by atoms with E-state index in [1.54, 1.807) is 13.2 Å². The lowest BCUT2D eigenvalue weighted by molar-refractivity contribution is -0.121. The van der Waals surface area contributed by atoms with Crippen molar-refractivity contribution < 1.29 is 13.9 Å². The van der Waals surface area contributed by atoms with Gasteiger partial charge in [-0.25, -0.2) is 9.37 Å². The standard InChI is InChI=1S/C21H19FN4O3/c1-29-15-5-2-13(3-6-15)11-23-18(27)8-9-26-12-24-19-16-10-14(22)4-7-17(16)25-20(19)21(26)28/h2-7,10,12,25H,8-9,11H2,1H3,(H,23,27). The van der Waals surface area contributed by atoms with Crippen LogP contribution in [0.4, 0.5) is 4.39 Å². The molecule has 1 amide bonds. The van der Waals surface area contributed by atoms with Crippen molar-refractivity contribution in [2.24, 2.45) is 0 Å². The van der Waals surface area contributed by atoms with Crippen molar-refractivity contribution >= 4 is 27.8 Å². The Morgan fingerprint density at radius 2 is 2.03 bits per heavy atom. The molecule has 0 radical (unpaired) electrons. The molecular weight excluding hydrogens is 375 g/mol. The number of ether oxygens (including phenoxy) is 1. The van der Waals surface area contributed by atoms with Crippen LogP contribution in [-0.2, 0) is 17.9 Å². The monoisotopic (exact) mass is 394 g/mol. The molecule has 0 aliphatic carbocycles. The van der Waals surface area contributed by atoms with Gasteiger partial charge in [0.05, 0.1) is 13.4 Å². The number of fused-ring (bicyclic) bond motifs is 3. The molecule has 4 rings (SSSR count). The summed E-state index contributed by atoms with van der Waals surface area (Å²) in [6.07, 6.45) is 1.53. The van der Waals surface area contributed by atoms with E-state index >= 15 is 0 Å². The maximum absolute atomic E-state index is 13.5. The smallest absolute Gasteiger partial charge is 0.277 e. The molecule has 2 aromatic heterocycles. The Hall–Kier alpha value is -3.68. The Morgan fingerprint density at radius 3 is 2.79 bits per heavy atom. The van der Waals surface area contributed by atoms with Gasteiger partial charge >= 0.3 is 0 Å². The zero-order valence-electron chi connectivity index (χ0n) is 15.7. The van der Waals surface area contributed by atoms with Crippen LogP contribution in [0.25, 0.3) is 21.9 Å². The summed E-state index contributed by atoms with van der Waals surface area (Å²) in [4.78, 5) is 32.1. The van der Waals surface area contributed by atoms with E-state index in [2.05, 4.69) is 15.3 Å². The highest BCUT2D eigenvalue weighted by Gasteiger charge is 2.12. The van der Waals surface area contributed by atoms with E-state index in [1.807, 2.05) is 24.3 Å². The second-order valence-electron chi connectivity index (χ2n) is 6.66. The van der Waals surface area contributed by atoms with Crippen molar-refractivity contribution in [3.05, 3.63) is 70.5 Å². The maximum Gasteiger partial charge on any atom is 0.277 e. The number of carbonyl (C=O) groups is 1. The predicted octanol–water partition coefficient (Wildman–Crippen LogP) is 2.73. The summed E-state index contributed by atoms with van der Waals surface area (Å²) in [7, 11) is 1.60. The SMILES string of the molecule is COc1ccc(CNC(=O)CCn2cnc3c([nH]c4ccc(F)cc43)c2=O)cc1. The zero-order valence-corrected chi connectivity index (χ0v) is 15.7. The Bertz CT molecular complexity index is 1240. The van der Waals surface area contributed by atoms with Crippen molar-refractivity contribution in [3.8, 4) is 5.75 Å². The largest absolute Gasteiger partial charge is 0.497 e. The Balaban J connectivity index is 1.43. The number of nitrogens with one attached hydrogen (secondary N) is 2. The summed E-state index contributed by atoms with van der Waals surface area (Å²) in [6.45, 7) is 0.586. The molecule has 0 aliphatic rings. The Kier molecular flexibility index (Phi) is 4.99. The molecule has 0 spiro atoms. The van der Waals surface area contributed by atoms with E-state index in [9.17, 15) is 14.0 Å². The second-order valence-corrected chi connectivity index (χ2v) is 6.66. The van der Waals surface area contributed by atoms with Crippen LogP contribution in [-0.4, -0.2) is 27.6 Å². The van der Waals surface area contributed by atoms with E-state index in [1.165, 1.54) is 23.0 Å². The van der Waals surface area contributed by atoms with Crippen LogP contribution in [0.2, 0.25) is 0 Å². The van der Waals surface area contributed by atoms with E-state index in [0.717, 1.165) is 11.3 Å². The van der Waals surface area contributed by atoms with Crippen molar-refractivity contribution in [1.29, 1.82) is 0 Å². The number of rotatable bonds is 6. The van der Waals surface area contributed by atoms with Crippen LogP contribution >= 0.6 is 0 Å². The van der Waals surface area contributed by atoms with Crippen LogP contribution in [0.1, 0.15) is 12.0 Å². The molecule has 4 aromatic rings. The molecule has 148 valence electrons. The summed E-state index contributed by atoms with van der Waals surface area (Å²) in [5.41, 5.74) is 2.01. The van der Waals surface area contributed by atoms with Crippen LogP contribution in [0.15, 0.2) is 53.6 Å². The summed E-state index contributed by atoms with van der Waals surface area (Å²) < 4.78 is 20.0. The average Bonchev–Trinajstić information content (AvgIpc) is 3.11. The van der Waals surface area contributed by atoms with Gasteiger partial charge in [-0.05, 0) is 35.9 Å². The normalized spacial score (nSPS) is 11.1. The number of H-pyrrole nitrogens is 1. The van der Waals surface area contributed by atoms with Crippen molar-refractivity contribution in [1.82, 2.24) is 19.9 Å². The van der Waals surface area contributed by atoms with E-state index in [0.29, 0.717) is 28.5 Å². The third kappa shape index (κ3) is 3.82. The number of nitrogens with zero attached hydrogens (tertiary/aromatic N) is 2. The molecule has 0 saturated carbocycles. The molecular formula is C21H19FN4O3. The quantitative estimate of drug-likeness (QED) is 0.526. The first-order valence-corrected chi connectivity index (χ1v) is 9.11. The number of aromatic amines is 1. The van der Waals surface area contributed by atoms with Gasteiger partial charge in [-0.15, -0.1) is 0 Å². The number of hydrogen-bond donors (Lipinski definition) is 2. The second kappa shape index (κ2) is 7.75. The molecule has 7 nitrogen and oxygen atoms in total. The summed E-state index contributed by atoms with van der Waals surface area (Å²) in [5.74, 6) is 0.187. The lowest BCUT2D eigenvalue weighted by atomic mass is 10.2. The first kappa shape index (κ1) is 18.7. The molecule has 2 heterocycles. The van der Waals surface area contributed by atoms with Gasteiger partial charge in [0.2, 0.25) is 5.91 Å². The minimum absolute atomic E-state index is 0.137. The van der Waals surface area contributed by atoms with Gasteiger partial charge in [0.15, 0.2) is 0 Å². The average molecular weight is 394 g/mol. The van der Waals surface area contributed by atoms with Gasteiger partial charge in [-0.2, -0.15) is 0 Å². The first-order chi connectivity index (χ1) is 14.0. The van der Waals surface area contributed by atoms with Gasteiger partial charge < -0.3 is 15.0 Å². The lowest BCUT2D eigenvalue weighted by Crippen LogP contribution is -2.27. The maximum atomic E-state index is 13.5. The van der Waals surface area contributed by atoms with Crippen LogP contribution in [0, 0.1) is 5.82 Å². The molecule has 8 heteroatoms. The lowest BCUT2D eigenvalue weighted by Gasteiger charge is -2.08. The van der Waals surface area contributed by atoms with Crippen molar-refractivity contribution in [3.63, 3.8) is 0 Å². The first-order valence-electron chi connectivity index (χ1n) is 9.11. The summed E-state index contributed by atoms with van der Waals surface area (Å²) in [6, 6.07) is 11.6. The van der Waals surface area contributed by atoms with Gasteiger partial charge in [0.1, 0.15) is 22.6 Å². The Morgan fingerprint density at radius 1 is 1.24 bits per heavy atom. The minimum atomic E-state index is -0.391. The molecule has 0 saturated heterocycles. The molecule has 0 fully saturated rings. The zero-order chi connectivity index (χ0) is 20.4. The highest BCUT2D eigenvalue weighted by atomic mass is 19.1. The van der Waals surface area contributed by atoms with Crippen LogP contribution < -0.4 is 15.6 Å². The fourth-order valence-corrected chi connectivity index (χ4v) is 3.18. The fourth-order valence-electron chi connectivity index (χ4n) is 3.18. The molecule has 2 aromatic carbocycles.